The maximum Gasteiger partial charge on any atom is 0.213 e. The minimum absolute atomic E-state index is 0.0604. The molecule has 0 spiro atoms. The number of benzene rings is 1. The number of hydrogen-bond donors (Lipinski definition) is 2. The van der Waals surface area contributed by atoms with Crippen LogP contribution >= 0.6 is 0 Å². The summed E-state index contributed by atoms with van der Waals surface area (Å²) in [5.74, 6) is 0.0604. The van der Waals surface area contributed by atoms with E-state index in [1.807, 2.05) is 42.5 Å². The molecule has 0 fully saturated rings. The molecule has 1 aromatic heterocycles. The van der Waals surface area contributed by atoms with Gasteiger partial charge in [-0.25, -0.2) is 13.1 Å². The highest BCUT2D eigenvalue weighted by Crippen LogP contribution is 1.99. The normalized spacial score (nSPS) is 11.4. The first-order valence-electron chi connectivity index (χ1n) is 6.76. The van der Waals surface area contributed by atoms with E-state index in [4.69, 9.17) is 0 Å². The predicted octanol–water partition coefficient (Wildman–Crippen LogP) is 1.29. The summed E-state index contributed by atoms with van der Waals surface area (Å²) in [7, 11) is -3.26. The third-order valence-electron chi connectivity index (χ3n) is 2.97. The van der Waals surface area contributed by atoms with Crippen LogP contribution in [-0.4, -0.2) is 25.7 Å². The molecule has 0 aliphatic heterocycles. The topological polar surface area (TPSA) is 71.1 Å². The Kier molecular flexibility index (Phi) is 5.86. The molecular weight excluding hydrogens is 286 g/mol. The van der Waals surface area contributed by atoms with Crippen LogP contribution in [0.3, 0.4) is 0 Å². The van der Waals surface area contributed by atoms with Crippen molar-refractivity contribution in [2.75, 3.05) is 12.3 Å². The van der Waals surface area contributed by atoms with Crippen LogP contribution in [0.5, 0.6) is 0 Å². The summed E-state index contributed by atoms with van der Waals surface area (Å²) >= 11 is 0. The van der Waals surface area contributed by atoms with Crippen LogP contribution in [0.25, 0.3) is 0 Å². The molecule has 0 bridgehead atoms. The lowest BCUT2D eigenvalue weighted by Gasteiger charge is -2.08. The molecule has 5 nitrogen and oxygen atoms in total. The fraction of sp³-hybridized carbons (Fsp3) is 0.267. The van der Waals surface area contributed by atoms with Crippen LogP contribution in [0.1, 0.15) is 11.1 Å². The maximum atomic E-state index is 11.9. The zero-order valence-electron chi connectivity index (χ0n) is 11.7. The molecule has 6 heteroatoms. The van der Waals surface area contributed by atoms with E-state index >= 15 is 0 Å². The van der Waals surface area contributed by atoms with Crippen molar-refractivity contribution in [3.63, 3.8) is 0 Å². The van der Waals surface area contributed by atoms with Gasteiger partial charge < -0.3 is 5.32 Å². The summed E-state index contributed by atoms with van der Waals surface area (Å²) in [5.41, 5.74) is 2.03. The molecule has 2 aromatic rings. The van der Waals surface area contributed by atoms with Crippen molar-refractivity contribution < 1.29 is 8.42 Å². The van der Waals surface area contributed by atoms with Gasteiger partial charge in [-0.15, -0.1) is 0 Å². The second-order valence-corrected chi connectivity index (χ2v) is 6.58. The molecule has 0 atom stereocenters. The van der Waals surface area contributed by atoms with Gasteiger partial charge in [0.05, 0.1) is 5.75 Å². The summed E-state index contributed by atoms with van der Waals surface area (Å²) in [6.07, 6.45) is 3.43. The molecule has 0 radical (unpaired) electrons. The van der Waals surface area contributed by atoms with Gasteiger partial charge in [0.25, 0.3) is 0 Å². The largest absolute Gasteiger partial charge is 0.312 e. The Morgan fingerprint density at radius 3 is 2.29 bits per heavy atom. The molecule has 0 aliphatic rings. The molecular formula is C15H19N3O2S. The second-order valence-electron chi connectivity index (χ2n) is 4.66. The quantitative estimate of drug-likeness (QED) is 0.721. The summed E-state index contributed by atoms with van der Waals surface area (Å²) in [6, 6.07) is 13.3. The number of nitrogens with one attached hydrogen (secondary N) is 2. The highest BCUT2D eigenvalue weighted by Gasteiger charge is 2.09. The molecule has 2 rings (SSSR count). The molecule has 0 unspecified atom stereocenters. The molecule has 1 heterocycles. The zero-order chi connectivity index (χ0) is 15.0. The van der Waals surface area contributed by atoms with Crippen molar-refractivity contribution >= 4 is 10.0 Å². The van der Waals surface area contributed by atoms with Crippen LogP contribution in [-0.2, 0) is 23.1 Å². The SMILES string of the molecule is O=S(=O)(CCNCc1ccncc1)NCc1ccccc1. The predicted molar refractivity (Wildman–Crippen MR) is 83.0 cm³/mol. The first-order chi connectivity index (χ1) is 10.2. The van der Waals surface area contributed by atoms with Gasteiger partial charge in [0.2, 0.25) is 10.0 Å². The Morgan fingerprint density at radius 2 is 1.57 bits per heavy atom. The van der Waals surface area contributed by atoms with Gasteiger partial charge in [-0.1, -0.05) is 30.3 Å². The minimum Gasteiger partial charge on any atom is -0.312 e. The van der Waals surface area contributed by atoms with E-state index in [0.29, 0.717) is 19.6 Å². The highest BCUT2D eigenvalue weighted by molar-refractivity contribution is 7.89. The summed E-state index contributed by atoms with van der Waals surface area (Å²) in [4.78, 5) is 3.93. The maximum absolute atomic E-state index is 11.9. The monoisotopic (exact) mass is 305 g/mol. The second kappa shape index (κ2) is 7.87. The fourth-order valence-corrected chi connectivity index (χ4v) is 2.75. The number of hydrogen-bond acceptors (Lipinski definition) is 4. The lowest BCUT2D eigenvalue weighted by atomic mass is 10.2. The van der Waals surface area contributed by atoms with Crippen LogP contribution < -0.4 is 10.0 Å². The molecule has 112 valence electrons. The van der Waals surface area contributed by atoms with Crippen molar-refractivity contribution in [2.24, 2.45) is 0 Å². The van der Waals surface area contributed by atoms with Crippen LogP contribution in [0.2, 0.25) is 0 Å². The number of nitrogens with zero attached hydrogens (tertiary/aromatic N) is 1. The van der Waals surface area contributed by atoms with E-state index in [1.54, 1.807) is 12.4 Å². The summed E-state index contributed by atoms with van der Waals surface area (Å²) in [5, 5.41) is 3.11. The van der Waals surface area contributed by atoms with Crippen LogP contribution in [0.4, 0.5) is 0 Å². The van der Waals surface area contributed by atoms with E-state index in [0.717, 1.165) is 11.1 Å². The lowest BCUT2D eigenvalue weighted by Crippen LogP contribution is -2.31. The number of aromatic nitrogens is 1. The van der Waals surface area contributed by atoms with Crippen LogP contribution in [0.15, 0.2) is 54.9 Å². The molecule has 0 saturated carbocycles. The van der Waals surface area contributed by atoms with Crippen molar-refractivity contribution in [3.05, 3.63) is 66.0 Å². The van der Waals surface area contributed by atoms with E-state index < -0.39 is 10.0 Å². The smallest absolute Gasteiger partial charge is 0.213 e. The lowest BCUT2D eigenvalue weighted by molar-refractivity contribution is 0.576. The van der Waals surface area contributed by atoms with E-state index in [1.165, 1.54) is 0 Å². The zero-order valence-corrected chi connectivity index (χ0v) is 12.5. The molecule has 0 saturated heterocycles. The van der Waals surface area contributed by atoms with Crippen molar-refractivity contribution in [3.8, 4) is 0 Å². The van der Waals surface area contributed by atoms with E-state index in [-0.39, 0.29) is 5.75 Å². The third-order valence-corrected chi connectivity index (χ3v) is 4.29. The van der Waals surface area contributed by atoms with Gasteiger partial charge in [-0.2, -0.15) is 0 Å². The van der Waals surface area contributed by atoms with Crippen molar-refractivity contribution in [1.29, 1.82) is 0 Å². The highest BCUT2D eigenvalue weighted by atomic mass is 32.2. The first-order valence-corrected chi connectivity index (χ1v) is 8.42. The average Bonchev–Trinajstić information content (AvgIpc) is 2.52. The minimum atomic E-state index is -3.26. The van der Waals surface area contributed by atoms with Gasteiger partial charge in [0.1, 0.15) is 0 Å². The summed E-state index contributed by atoms with van der Waals surface area (Å²) < 4.78 is 26.3. The number of rotatable bonds is 8. The Labute approximate surface area is 125 Å². The Hall–Kier alpha value is -1.76. The van der Waals surface area contributed by atoms with Gasteiger partial charge in [0.15, 0.2) is 0 Å². The fourth-order valence-electron chi connectivity index (χ4n) is 1.80. The Morgan fingerprint density at radius 1 is 0.905 bits per heavy atom. The van der Waals surface area contributed by atoms with Gasteiger partial charge in [-0.3, -0.25) is 4.98 Å². The average molecular weight is 305 g/mol. The number of sulfonamides is 1. The molecule has 21 heavy (non-hydrogen) atoms. The van der Waals surface area contributed by atoms with Crippen molar-refractivity contribution in [2.45, 2.75) is 13.1 Å². The van der Waals surface area contributed by atoms with Crippen molar-refractivity contribution in [1.82, 2.24) is 15.0 Å². The molecule has 2 N–H and O–H groups in total. The first kappa shape index (κ1) is 15.6. The van der Waals surface area contributed by atoms with Gasteiger partial charge in [-0.05, 0) is 23.3 Å². The molecule has 1 aromatic carbocycles. The standard InChI is InChI=1S/C15H19N3O2S/c19-21(20,18-13-14-4-2-1-3-5-14)11-10-17-12-15-6-8-16-9-7-15/h1-9,17-18H,10-13H2. The van der Waals surface area contributed by atoms with E-state index in [2.05, 4.69) is 15.0 Å². The molecule has 0 amide bonds. The Balaban J connectivity index is 1.69. The van der Waals surface area contributed by atoms with Gasteiger partial charge >= 0.3 is 0 Å². The van der Waals surface area contributed by atoms with Gasteiger partial charge in [0, 0.05) is 32.0 Å². The Bertz CT molecular complexity index is 630. The van der Waals surface area contributed by atoms with Crippen LogP contribution in [0, 0.1) is 0 Å². The third kappa shape index (κ3) is 6.03. The van der Waals surface area contributed by atoms with E-state index in [9.17, 15) is 8.42 Å². The molecule has 0 aliphatic carbocycles. The number of pyridine rings is 1. The summed E-state index contributed by atoms with van der Waals surface area (Å²) in [6.45, 7) is 1.37.